The topological polar surface area (TPSA) is 78.9 Å². The van der Waals surface area contributed by atoms with Crippen LogP contribution in [0.1, 0.15) is 5.56 Å². The molecule has 1 amide bonds. The Morgan fingerprint density at radius 1 is 0.929 bits per heavy atom. The summed E-state index contributed by atoms with van der Waals surface area (Å²) in [6.07, 6.45) is 3.13. The van der Waals surface area contributed by atoms with Gasteiger partial charge in [0.05, 0.1) is 38.7 Å². The maximum atomic E-state index is 12.2. The number of aromatic nitrogens is 1. The summed E-state index contributed by atoms with van der Waals surface area (Å²) < 4.78 is 21.9. The lowest BCUT2D eigenvalue weighted by Crippen LogP contribution is -2.07. The molecule has 0 aliphatic rings. The van der Waals surface area contributed by atoms with Crippen molar-refractivity contribution in [2.45, 2.75) is 0 Å². The molecule has 7 nitrogen and oxygen atoms in total. The highest BCUT2D eigenvalue weighted by molar-refractivity contribution is 7.22. The molecular formula is C20H20N2O5S. The number of anilines is 1. The third-order valence-electron chi connectivity index (χ3n) is 3.96. The third kappa shape index (κ3) is 4.17. The minimum atomic E-state index is -0.284. The lowest BCUT2D eigenvalue weighted by atomic mass is 10.2. The molecule has 0 fully saturated rings. The molecule has 28 heavy (non-hydrogen) atoms. The normalized spacial score (nSPS) is 10.9. The summed E-state index contributed by atoms with van der Waals surface area (Å²) in [5.74, 6) is 2.15. The van der Waals surface area contributed by atoms with E-state index >= 15 is 0 Å². The Balaban J connectivity index is 1.75. The Morgan fingerprint density at radius 3 is 2.25 bits per heavy atom. The number of amides is 1. The zero-order chi connectivity index (χ0) is 20.1. The van der Waals surface area contributed by atoms with Crippen LogP contribution < -0.4 is 24.3 Å². The predicted molar refractivity (Wildman–Crippen MR) is 110 cm³/mol. The quantitative estimate of drug-likeness (QED) is 0.605. The monoisotopic (exact) mass is 400 g/mol. The Bertz CT molecular complexity index is 988. The molecule has 0 aliphatic carbocycles. The fourth-order valence-electron chi connectivity index (χ4n) is 2.58. The fraction of sp³-hybridized carbons (Fsp3) is 0.200. The predicted octanol–water partition coefficient (Wildman–Crippen LogP) is 3.98. The average Bonchev–Trinajstić information content (AvgIpc) is 3.11. The summed E-state index contributed by atoms with van der Waals surface area (Å²) in [5.41, 5.74) is 1.54. The zero-order valence-corrected chi connectivity index (χ0v) is 16.8. The van der Waals surface area contributed by atoms with Crippen molar-refractivity contribution in [2.75, 3.05) is 33.8 Å². The molecule has 3 rings (SSSR count). The fourth-order valence-corrected chi connectivity index (χ4v) is 3.46. The minimum Gasteiger partial charge on any atom is -0.493 e. The maximum absolute atomic E-state index is 12.2. The highest BCUT2D eigenvalue weighted by Gasteiger charge is 2.11. The van der Waals surface area contributed by atoms with Crippen molar-refractivity contribution in [3.05, 3.63) is 42.0 Å². The number of nitrogens with zero attached hydrogens (tertiary/aromatic N) is 1. The van der Waals surface area contributed by atoms with Gasteiger partial charge in [-0.2, -0.15) is 0 Å². The third-order valence-corrected chi connectivity index (χ3v) is 4.89. The second-order valence-corrected chi connectivity index (χ2v) is 6.66. The highest BCUT2D eigenvalue weighted by atomic mass is 32.1. The molecular weight excluding hydrogens is 380 g/mol. The van der Waals surface area contributed by atoms with E-state index < -0.39 is 0 Å². The molecule has 0 saturated heterocycles. The van der Waals surface area contributed by atoms with Crippen molar-refractivity contribution in [1.82, 2.24) is 4.98 Å². The van der Waals surface area contributed by atoms with Crippen LogP contribution in [0.15, 0.2) is 36.4 Å². The van der Waals surface area contributed by atoms with Crippen molar-refractivity contribution >= 4 is 38.7 Å². The van der Waals surface area contributed by atoms with E-state index in [2.05, 4.69) is 10.3 Å². The first-order chi connectivity index (χ1) is 13.6. The average molecular weight is 400 g/mol. The number of hydrogen-bond acceptors (Lipinski definition) is 7. The van der Waals surface area contributed by atoms with E-state index in [1.54, 1.807) is 52.7 Å². The first-order valence-electron chi connectivity index (χ1n) is 8.31. The van der Waals surface area contributed by atoms with Crippen LogP contribution in [-0.2, 0) is 4.79 Å². The largest absolute Gasteiger partial charge is 0.493 e. The van der Waals surface area contributed by atoms with Crippen molar-refractivity contribution in [1.29, 1.82) is 0 Å². The van der Waals surface area contributed by atoms with Crippen molar-refractivity contribution in [3.8, 4) is 23.0 Å². The van der Waals surface area contributed by atoms with Crippen LogP contribution in [0, 0.1) is 0 Å². The number of rotatable bonds is 7. The van der Waals surface area contributed by atoms with Crippen LogP contribution in [0.3, 0.4) is 0 Å². The number of thiazole rings is 1. The lowest BCUT2D eigenvalue weighted by molar-refractivity contribution is -0.111. The van der Waals surface area contributed by atoms with E-state index in [-0.39, 0.29) is 5.91 Å². The summed E-state index contributed by atoms with van der Waals surface area (Å²) in [4.78, 5) is 16.7. The molecule has 0 unspecified atom stereocenters. The van der Waals surface area contributed by atoms with Crippen LogP contribution >= 0.6 is 11.3 Å². The van der Waals surface area contributed by atoms with Crippen LogP contribution in [0.5, 0.6) is 23.0 Å². The van der Waals surface area contributed by atoms with E-state index in [0.29, 0.717) is 28.1 Å². The zero-order valence-electron chi connectivity index (χ0n) is 15.9. The number of hydrogen-bond donors (Lipinski definition) is 1. The smallest absolute Gasteiger partial charge is 0.250 e. The van der Waals surface area contributed by atoms with Gasteiger partial charge in [0.1, 0.15) is 0 Å². The van der Waals surface area contributed by atoms with Gasteiger partial charge in [0.15, 0.2) is 28.1 Å². The van der Waals surface area contributed by atoms with Gasteiger partial charge < -0.3 is 18.9 Å². The Kier molecular flexibility index (Phi) is 6.00. The summed E-state index contributed by atoms with van der Waals surface area (Å²) in [6.45, 7) is 0. The molecule has 0 radical (unpaired) electrons. The van der Waals surface area contributed by atoms with Gasteiger partial charge in [0.2, 0.25) is 5.91 Å². The van der Waals surface area contributed by atoms with Gasteiger partial charge in [-0.1, -0.05) is 17.4 Å². The van der Waals surface area contributed by atoms with Gasteiger partial charge in [-0.3, -0.25) is 10.1 Å². The molecule has 0 aliphatic heterocycles. The van der Waals surface area contributed by atoms with Crippen molar-refractivity contribution in [3.63, 3.8) is 0 Å². The Labute approximate surface area is 166 Å². The molecule has 0 bridgehead atoms. The van der Waals surface area contributed by atoms with Crippen molar-refractivity contribution < 1.29 is 23.7 Å². The molecule has 1 heterocycles. The molecule has 0 spiro atoms. The first-order valence-corrected chi connectivity index (χ1v) is 9.13. The van der Waals surface area contributed by atoms with Crippen LogP contribution in [-0.4, -0.2) is 39.3 Å². The van der Waals surface area contributed by atoms with Gasteiger partial charge in [0.25, 0.3) is 0 Å². The van der Waals surface area contributed by atoms with E-state index in [0.717, 1.165) is 15.8 Å². The Morgan fingerprint density at radius 2 is 1.57 bits per heavy atom. The molecule has 8 heteroatoms. The number of methoxy groups -OCH3 is 4. The lowest BCUT2D eigenvalue weighted by Gasteiger charge is -2.07. The van der Waals surface area contributed by atoms with E-state index in [4.69, 9.17) is 18.9 Å². The number of benzene rings is 2. The first kappa shape index (κ1) is 19.5. The summed E-state index contributed by atoms with van der Waals surface area (Å²) >= 11 is 1.36. The van der Waals surface area contributed by atoms with Gasteiger partial charge >= 0.3 is 0 Å². The highest BCUT2D eigenvalue weighted by Crippen LogP contribution is 2.36. The number of ether oxygens (including phenoxy) is 4. The molecule has 3 aromatic rings. The molecule has 0 atom stereocenters. The molecule has 1 aromatic heterocycles. The van der Waals surface area contributed by atoms with Crippen LogP contribution in [0.25, 0.3) is 16.3 Å². The minimum absolute atomic E-state index is 0.284. The molecule has 146 valence electrons. The Hall–Kier alpha value is -3.26. The second-order valence-electron chi connectivity index (χ2n) is 5.63. The summed E-state index contributed by atoms with van der Waals surface area (Å²) in [5, 5.41) is 3.26. The van der Waals surface area contributed by atoms with E-state index in [1.165, 1.54) is 17.4 Å². The van der Waals surface area contributed by atoms with Crippen molar-refractivity contribution in [2.24, 2.45) is 0 Å². The molecule has 2 aromatic carbocycles. The van der Waals surface area contributed by atoms with Gasteiger partial charge in [-0.05, 0) is 23.8 Å². The van der Waals surface area contributed by atoms with Crippen LogP contribution in [0.2, 0.25) is 0 Å². The molecule has 1 N–H and O–H groups in total. The number of nitrogens with one attached hydrogen (secondary N) is 1. The van der Waals surface area contributed by atoms with Gasteiger partial charge in [-0.25, -0.2) is 4.98 Å². The van der Waals surface area contributed by atoms with Gasteiger partial charge in [-0.15, -0.1) is 0 Å². The number of carbonyl (C=O) groups is 1. The SMILES string of the molecule is COc1ccc(/C=C/C(=O)Nc2nc3cc(OC)c(OC)cc3s2)cc1OC. The standard InChI is InChI=1S/C20H20N2O5S/c1-24-14-7-5-12(9-15(14)25-2)6-8-19(23)22-20-21-13-10-16(26-3)17(27-4)11-18(13)28-20/h5-11H,1-4H3,(H,21,22,23)/b8-6+. The molecule has 0 saturated carbocycles. The summed E-state index contributed by atoms with van der Waals surface area (Å²) in [7, 11) is 6.28. The number of fused-ring (bicyclic) bond motifs is 1. The second kappa shape index (κ2) is 8.62. The van der Waals surface area contributed by atoms with E-state index in [1.807, 2.05) is 12.1 Å². The van der Waals surface area contributed by atoms with Crippen LogP contribution in [0.4, 0.5) is 5.13 Å². The number of carbonyl (C=O) groups excluding carboxylic acids is 1. The summed E-state index contributed by atoms with van der Waals surface area (Å²) in [6, 6.07) is 9.02. The van der Waals surface area contributed by atoms with Gasteiger partial charge in [0, 0.05) is 18.2 Å². The van der Waals surface area contributed by atoms with E-state index in [9.17, 15) is 4.79 Å². The maximum Gasteiger partial charge on any atom is 0.250 e.